The van der Waals surface area contributed by atoms with Crippen molar-refractivity contribution in [3.05, 3.63) is 70.7 Å². The number of nitrogens with zero attached hydrogens (tertiary/aromatic N) is 4. The first-order valence-corrected chi connectivity index (χ1v) is 7.72. The average Bonchev–Trinajstić information content (AvgIpc) is 2.64. The minimum Gasteiger partial charge on any atom is -0.432 e. The van der Waals surface area contributed by atoms with Crippen LogP contribution < -0.4 is 10.3 Å². The Labute approximate surface area is 154 Å². The molecule has 0 radical (unpaired) electrons. The lowest BCUT2D eigenvalue weighted by atomic mass is 10.1. The van der Waals surface area contributed by atoms with Gasteiger partial charge in [-0.2, -0.15) is 27.1 Å². The molecule has 0 bridgehead atoms. The van der Waals surface area contributed by atoms with Crippen molar-refractivity contribution in [2.24, 2.45) is 0 Å². The highest BCUT2D eigenvalue weighted by Crippen LogP contribution is 2.29. The summed E-state index contributed by atoms with van der Waals surface area (Å²) < 4.78 is 69.0. The molecule has 28 heavy (non-hydrogen) atoms. The highest BCUT2D eigenvalue weighted by molar-refractivity contribution is 5.67. The molecule has 3 aromatic heterocycles. The Kier molecular flexibility index (Phi) is 5.34. The predicted octanol–water partition coefficient (Wildman–Crippen LogP) is 3.37. The molecule has 3 rings (SSSR count). The van der Waals surface area contributed by atoms with Crippen molar-refractivity contribution in [2.45, 2.75) is 19.3 Å². The lowest BCUT2D eigenvalue weighted by molar-refractivity contribution is -0.137. The highest BCUT2D eigenvalue weighted by Gasteiger charge is 2.31. The number of rotatable bonds is 5. The van der Waals surface area contributed by atoms with Crippen LogP contribution in [-0.4, -0.2) is 26.4 Å². The van der Waals surface area contributed by atoms with Crippen LogP contribution in [0.4, 0.5) is 22.0 Å². The van der Waals surface area contributed by atoms with Gasteiger partial charge in [0.15, 0.2) is 5.75 Å². The van der Waals surface area contributed by atoms with Crippen LogP contribution in [0.1, 0.15) is 11.1 Å². The van der Waals surface area contributed by atoms with Crippen LogP contribution >= 0.6 is 0 Å². The van der Waals surface area contributed by atoms with E-state index in [1.165, 1.54) is 24.5 Å². The summed E-state index contributed by atoms with van der Waals surface area (Å²) in [4.78, 5) is 20.1. The molecule has 3 aromatic rings. The van der Waals surface area contributed by atoms with Crippen LogP contribution in [0.5, 0.6) is 5.75 Å². The molecule has 0 aliphatic carbocycles. The van der Waals surface area contributed by atoms with Crippen molar-refractivity contribution in [3.63, 3.8) is 0 Å². The van der Waals surface area contributed by atoms with E-state index < -0.39 is 29.7 Å². The molecule has 0 atom stereocenters. The van der Waals surface area contributed by atoms with Gasteiger partial charge in [-0.25, -0.2) is 4.68 Å². The van der Waals surface area contributed by atoms with Gasteiger partial charge in [-0.05, 0) is 17.7 Å². The molecule has 6 nitrogen and oxygen atoms in total. The van der Waals surface area contributed by atoms with Gasteiger partial charge in [0.1, 0.15) is 0 Å². The van der Waals surface area contributed by atoms with Crippen molar-refractivity contribution in [1.82, 2.24) is 19.7 Å². The second-order valence-corrected chi connectivity index (χ2v) is 5.55. The van der Waals surface area contributed by atoms with Gasteiger partial charge in [0, 0.05) is 30.4 Å². The molecular formula is C17H11F5N4O2. The van der Waals surface area contributed by atoms with Crippen LogP contribution in [0.25, 0.3) is 11.1 Å². The fourth-order valence-electron chi connectivity index (χ4n) is 2.45. The summed E-state index contributed by atoms with van der Waals surface area (Å²) in [6, 6.07) is 3.77. The first kappa shape index (κ1) is 19.4. The molecule has 0 spiro atoms. The maximum atomic E-state index is 12.8. The molecule has 0 aromatic carbocycles. The van der Waals surface area contributed by atoms with Crippen molar-refractivity contribution >= 4 is 0 Å². The normalized spacial score (nSPS) is 11.6. The number of ether oxygens (including phenoxy) is 1. The summed E-state index contributed by atoms with van der Waals surface area (Å²) in [6.45, 7) is -3.54. The second kappa shape index (κ2) is 7.71. The van der Waals surface area contributed by atoms with Gasteiger partial charge in [-0.15, -0.1) is 0 Å². The van der Waals surface area contributed by atoms with Gasteiger partial charge in [0.05, 0.1) is 23.9 Å². The van der Waals surface area contributed by atoms with Crippen molar-refractivity contribution in [3.8, 4) is 16.9 Å². The van der Waals surface area contributed by atoms with E-state index in [1.54, 1.807) is 0 Å². The fraction of sp³-hybridized carbons (Fsp3) is 0.176. The highest BCUT2D eigenvalue weighted by atomic mass is 19.4. The Balaban J connectivity index is 2.05. The number of alkyl halides is 5. The van der Waals surface area contributed by atoms with E-state index in [0.717, 1.165) is 23.1 Å². The molecule has 146 valence electrons. The van der Waals surface area contributed by atoms with E-state index >= 15 is 0 Å². The number of halogens is 5. The number of aromatic nitrogens is 4. The molecule has 0 saturated carbocycles. The predicted molar refractivity (Wildman–Crippen MR) is 86.7 cm³/mol. The van der Waals surface area contributed by atoms with Crippen LogP contribution in [-0.2, 0) is 12.7 Å². The standard InChI is InChI=1S/C17H11F5N4O2/c18-16(19)28-13-8-25-26(15(27)14(13)11-2-1-3-23-6-11)9-10-4-12(7-24-5-10)17(20,21)22/h1-8,16H,9H2. The van der Waals surface area contributed by atoms with Gasteiger partial charge in [-0.3, -0.25) is 14.8 Å². The molecule has 11 heteroatoms. The topological polar surface area (TPSA) is 69.9 Å². The molecule has 0 aliphatic rings. The van der Waals surface area contributed by atoms with Crippen molar-refractivity contribution < 1.29 is 26.7 Å². The monoisotopic (exact) mass is 398 g/mol. The van der Waals surface area contributed by atoms with E-state index in [0.29, 0.717) is 6.20 Å². The van der Waals surface area contributed by atoms with Crippen molar-refractivity contribution in [2.75, 3.05) is 0 Å². The Morgan fingerprint density at radius 3 is 2.54 bits per heavy atom. The fourth-order valence-corrected chi connectivity index (χ4v) is 2.45. The van der Waals surface area contributed by atoms with E-state index in [4.69, 9.17) is 0 Å². The summed E-state index contributed by atoms with van der Waals surface area (Å²) >= 11 is 0. The first-order chi connectivity index (χ1) is 13.3. The van der Waals surface area contributed by atoms with Crippen LogP contribution in [0, 0.1) is 0 Å². The molecule has 0 amide bonds. The number of hydrogen-bond acceptors (Lipinski definition) is 5. The van der Waals surface area contributed by atoms with Crippen molar-refractivity contribution in [1.29, 1.82) is 0 Å². The lowest BCUT2D eigenvalue weighted by Crippen LogP contribution is -2.26. The maximum Gasteiger partial charge on any atom is 0.417 e. The van der Waals surface area contributed by atoms with Crippen LogP contribution in [0.15, 0.2) is 54.0 Å². The second-order valence-electron chi connectivity index (χ2n) is 5.55. The minimum absolute atomic E-state index is 0.0593. The molecule has 0 N–H and O–H groups in total. The zero-order valence-corrected chi connectivity index (χ0v) is 13.9. The van der Waals surface area contributed by atoms with E-state index in [1.807, 2.05) is 0 Å². The average molecular weight is 398 g/mol. The summed E-state index contributed by atoms with van der Waals surface area (Å²) in [5.41, 5.74) is -1.79. The van der Waals surface area contributed by atoms with Gasteiger partial charge in [-0.1, -0.05) is 6.07 Å². The Hall–Kier alpha value is -3.37. The van der Waals surface area contributed by atoms with Gasteiger partial charge in [0.25, 0.3) is 5.56 Å². The smallest absolute Gasteiger partial charge is 0.417 e. The Bertz CT molecular complexity index is 1020. The van der Waals surface area contributed by atoms with Gasteiger partial charge >= 0.3 is 12.8 Å². The number of hydrogen-bond donors (Lipinski definition) is 0. The Morgan fingerprint density at radius 1 is 1.11 bits per heavy atom. The molecule has 0 unspecified atom stereocenters. The zero-order valence-electron chi connectivity index (χ0n) is 13.9. The SMILES string of the molecule is O=c1c(-c2cccnc2)c(OC(F)F)cnn1Cc1cncc(C(F)(F)F)c1. The summed E-state index contributed by atoms with van der Waals surface area (Å²) in [5, 5.41) is 3.72. The lowest BCUT2D eigenvalue weighted by Gasteiger charge is -2.13. The third kappa shape index (κ3) is 4.30. The van der Waals surface area contributed by atoms with E-state index in [9.17, 15) is 26.7 Å². The summed E-state index contributed by atoms with van der Waals surface area (Å²) in [5.74, 6) is -0.466. The first-order valence-electron chi connectivity index (χ1n) is 7.72. The zero-order chi connectivity index (χ0) is 20.3. The van der Waals surface area contributed by atoms with Gasteiger partial charge in [0.2, 0.25) is 0 Å². The third-order valence-electron chi connectivity index (χ3n) is 3.63. The Morgan fingerprint density at radius 2 is 1.89 bits per heavy atom. The van der Waals surface area contributed by atoms with E-state index in [-0.39, 0.29) is 23.2 Å². The largest absolute Gasteiger partial charge is 0.432 e. The summed E-state index contributed by atoms with van der Waals surface area (Å²) in [6.07, 6.45) is 0.793. The summed E-state index contributed by atoms with van der Waals surface area (Å²) in [7, 11) is 0. The third-order valence-corrected chi connectivity index (χ3v) is 3.63. The number of pyridine rings is 2. The molecular weight excluding hydrogens is 387 g/mol. The minimum atomic E-state index is -4.60. The molecule has 0 fully saturated rings. The van der Waals surface area contributed by atoms with E-state index in [2.05, 4.69) is 19.8 Å². The van der Waals surface area contributed by atoms with Gasteiger partial charge < -0.3 is 4.74 Å². The molecule has 3 heterocycles. The maximum absolute atomic E-state index is 12.8. The molecule has 0 aliphatic heterocycles. The van der Waals surface area contributed by atoms with Crippen LogP contribution in [0.3, 0.4) is 0 Å². The quantitative estimate of drug-likeness (QED) is 0.617. The van der Waals surface area contributed by atoms with Crippen LogP contribution in [0.2, 0.25) is 0 Å². The molecule has 0 saturated heterocycles.